The highest BCUT2D eigenvalue weighted by atomic mass is 16.5. The second-order valence-corrected chi connectivity index (χ2v) is 3.78. The van der Waals surface area contributed by atoms with Gasteiger partial charge in [-0.1, -0.05) is 36.3 Å². The first-order valence-corrected chi connectivity index (χ1v) is 5.55. The standard InChI is InChI=1S/C15H15NO/c1-3-10-16-11-12-8-9-15(17-2)14-7-5-4-6-13(12)14/h1,4-9,16H,10-11H2,2H3. The lowest BCUT2D eigenvalue weighted by atomic mass is 10.0. The topological polar surface area (TPSA) is 21.3 Å². The molecule has 0 heterocycles. The van der Waals surface area contributed by atoms with Crippen LogP contribution in [0.3, 0.4) is 0 Å². The van der Waals surface area contributed by atoms with Crippen molar-refractivity contribution in [2.75, 3.05) is 13.7 Å². The van der Waals surface area contributed by atoms with Gasteiger partial charge in [-0.25, -0.2) is 0 Å². The molecule has 0 spiro atoms. The van der Waals surface area contributed by atoms with Crippen LogP contribution in [-0.2, 0) is 6.54 Å². The van der Waals surface area contributed by atoms with Crippen LogP contribution in [0.25, 0.3) is 10.8 Å². The van der Waals surface area contributed by atoms with Crippen molar-refractivity contribution in [3.63, 3.8) is 0 Å². The van der Waals surface area contributed by atoms with E-state index in [0.29, 0.717) is 6.54 Å². The van der Waals surface area contributed by atoms with Gasteiger partial charge >= 0.3 is 0 Å². The minimum absolute atomic E-state index is 0.584. The molecule has 0 aromatic heterocycles. The van der Waals surface area contributed by atoms with Crippen LogP contribution in [0.1, 0.15) is 5.56 Å². The average molecular weight is 225 g/mol. The van der Waals surface area contributed by atoms with Crippen molar-refractivity contribution in [3.8, 4) is 18.1 Å². The van der Waals surface area contributed by atoms with E-state index >= 15 is 0 Å². The summed E-state index contributed by atoms with van der Waals surface area (Å²) >= 11 is 0. The molecule has 0 bridgehead atoms. The Morgan fingerprint density at radius 2 is 1.94 bits per heavy atom. The quantitative estimate of drug-likeness (QED) is 0.638. The second kappa shape index (κ2) is 5.38. The normalized spacial score (nSPS) is 10.1. The summed E-state index contributed by atoms with van der Waals surface area (Å²) < 4.78 is 5.36. The first-order valence-electron chi connectivity index (χ1n) is 5.55. The Kier molecular flexibility index (Phi) is 3.64. The van der Waals surface area contributed by atoms with E-state index in [2.05, 4.69) is 29.4 Å². The van der Waals surface area contributed by atoms with Gasteiger partial charge in [0, 0.05) is 11.9 Å². The van der Waals surface area contributed by atoms with Crippen LogP contribution in [0.15, 0.2) is 36.4 Å². The van der Waals surface area contributed by atoms with Crippen molar-refractivity contribution in [1.82, 2.24) is 5.32 Å². The summed E-state index contributed by atoms with van der Waals surface area (Å²) in [6.07, 6.45) is 5.22. The first-order chi connectivity index (χ1) is 8.36. The zero-order chi connectivity index (χ0) is 12.1. The Morgan fingerprint density at radius 3 is 2.65 bits per heavy atom. The highest BCUT2D eigenvalue weighted by molar-refractivity contribution is 5.91. The van der Waals surface area contributed by atoms with Crippen LogP contribution in [-0.4, -0.2) is 13.7 Å². The third kappa shape index (κ3) is 2.41. The third-order valence-corrected chi connectivity index (χ3v) is 2.74. The fourth-order valence-corrected chi connectivity index (χ4v) is 1.94. The molecule has 0 atom stereocenters. The summed E-state index contributed by atoms with van der Waals surface area (Å²) in [6, 6.07) is 12.3. The molecule has 2 aromatic rings. The Labute approximate surface area is 102 Å². The molecule has 0 aliphatic rings. The van der Waals surface area contributed by atoms with Crippen molar-refractivity contribution in [1.29, 1.82) is 0 Å². The number of benzene rings is 2. The monoisotopic (exact) mass is 225 g/mol. The molecule has 2 rings (SSSR count). The van der Waals surface area contributed by atoms with Crippen molar-refractivity contribution >= 4 is 10.8 Å². The zero-order valence-electron chi connectivity index (χ0n) is 9.86. The predicted molar refractivity (Wildman–Crippen MR) is 71.0 cm³/mol. The molecule has 0 aliphatic carbocycles. The molecule has 2 heteroatoms. The molecule has 86 valence electrons. The largest absolute Gasteiger partial charge is 0.496 e. The highest BCUT2D eigenvalue weighted by Gasteiger charge is 2.04. The summed E-state index contributed by atoms with van der Waals surface area (Å²) in [5, 5.41) is 5.54. The van der Waals surface area contributed by atoms with Gasteiger partial charge in [0.15, 0.2) is 0 Å². The first kappa shape index (κ1) is 11.5. The number of methoxy groups -OCH3 is 1. The van der Waals surface area contributed by atoms with Crippen molar-refractivity contribution in [3.05, 3.63) is 42.0 Å². The highest BCUT2D eigenvalue weighted by Crippen LogP contribution is 2.28. The molecule has 17 heavy (non-hydrogen) atoms. The molecular formula is C15H15NO. The van der Waals surface area contributed by atoms with E-state index < -0.39 is 0 Å². The Morgan fingerprint density at radius 1 is 1.18 bits per heavy atom. The van der Waals surface area contributed by atoms with Gasteiger partial charge in [0.05, 0.1) is 13.7 Å². The van der Waals surface area contributed by atoms with Crippen molar-refractivity contribution < 1.29 is 4.74 Å². The maximum Gasteiger partial charge on any atom is 0.126 e. The van der Waals surface area contributed by atoms with Crippen LogP contribution in [0, 0.1) is 12.3 Å². The number of terminal acetylenes is 1. The number of fused-ring (bicyclic) bond motifs is 1. The third-order valence-electron chi connectivity index (χ3n) is 2.74. The lowest BCUT2D eigenvalue weighted by Crippen LogP contribution is -2.13. The maximum atomic E-state index is 5.36. The van der Waals surface area contributed by atoms with E-state index in [1.165, 1.54) is 10.9 Å². The van der Waals surface area contributed by atoms with Gasteiger partial charge in [-0.15, -0.1) is 6.42 Å². The minimum Gasteiger partial charge on any atom is -0.496 e. The molecule has 1 N–H and O–H groups in total. The minimum atomic E-state index is 0.584. The Bertz CT molecular complexity index is 554. The van der Waals surface area contributed by atoms with Gasteiger partial charge in [0.2, 0.25) is 0 Å². The van der Waals surface area contributed by atoms with Crippen LogP contribution in [0.2, 0.25) is 0 Å². The van der Waals surface area contributed by atoms with E-state index in [4.69, 9.17) is 11.2 Å². The summed E-state index contributed by atoms with van der Waals surface area (Å²) in [4.78, 5) is 0. The average Bonchev–Trinajstić information content (AvgIpc) is 2.39. The predicted octanol–water partition coefficient (Wildman–Crippen LogP) is 2.57. The van der Waals surface area contributed by atoms with Crippen molar-refractivity contribution in [2.24, 2.45) is 0 Å². The van der Waals surface area contributed by atoms with E-state index in [0.717, 1.165) is 17.7 Å². The fourth-order valence-electron chi connectivity index (χ4n) is 1.94. The molecule has 0 saturated heterocycles. The number of ether oxygens (including phenoxy) is 1. The molecule has 0 aliphatic heterocycles. The molecular weight excluding hydrogens is 210 g/mol. The number of hydrogen-bond donors (Lipinski definition) is 1. The smallest absolute Gasteiger partial charge is 0.126 e. The van der Waals surface area contributed by atoms with Gasteiger partial charge in [-0.2, -0.15) is 0 Å². The number of hydrogen-bond acceptors (Lipinski definition) is 2. The fraction of sp³-hybridized carbons (Fsp3) is 0.200. The number of nitrogens with one attached hydrogen (secondary N) is 1. The van der Waals surface area contributed by atoms with E-state index in [1.807, 2.05) is 18.2 Å². The second-order valence-electron chi connectivity index (χ2n) is 3.78. The lowest BCUT2D eigenvalue weighted by molar-refractivity contribution is 0.419. The van der Waals surface area contributed by atoms with Gasteiger partial charge in [-0.05, 0) is 17.0 Å². The van der Waals surface area contributed by atoms with Crippen LogP contribution in [0.5, 0.6) is 5.75 Å². The van der Waals surface area contributed by atoms with Gasteiger partial charge < -0.3 is 10.1 Å². The summed E-state index contributed by atoms with van der Waals surface area (Å²) in [5.41, 5.74) is 1.23. The SMILES string of the molecule is C#CCNCc1ccc(OC)c2ccccc12. The molecule has 2 nitrogen and oxygen atoms in total. The summed E-state index contributed by atoms with van der Waals surface area (Å²) in [6.45, 7) is 1.36. The van der Waals surface area contributed by atoms with Gasteiger partial charge in [-0.3, -0.25) is 0 Å². The van der Waals surface area contributed by atoms with Gasteiger partial charge in [0.25, 0.3) is 0 Å². The van der Waals surface area contributed by atoms with Crippen LogP contribution >= 0.6 is 0 Å². The molecule has 0 fully saturated rings. The summed E-state index contributed by atoms with van der Waals surface area (Å²) in [7, 11) is 1.69. The summed E-state index contributed by atoms with van der Waals surface area (Å²) in [5.74, 6) is 3.48. The molecule has 0 unspecified atom stereocenters. The molecule has 0 saturated carbocycles. The zero-order valence-corrected chi connectivity index (χ0v) is 9.86. The Hall–Kier alpha value is -1.98. The Balaban J connectivity index is 2.41. The van der Waals surface area contributed by atoms with E-state index in [-0.39, 0.29) is 0 Å². The number of rotatable bonds is 4. The van der Waals surface area contributed by atoms with E-state index in [9.17, 15) is 0 Å². The van der Waals surface area contributed by atoms with Crippen LogP contribution < -0.4 is 10.1 Å². The maximum absolute atomic E-state index is 5.36. The van der Waals surface area contributed by atoms with Crippen molar-refractivity contribution in [2.45, 2.75) is 6.54 Å². The van der Waals surface area contributed by atoms with Crippen LogP contribution in [0.4, 0.5) is 0 Å². The molecule has 2 aromatic carbocycles. The molecule has 0 amide bonds. The van der Waals surface area contributed by atoms with E-state index in [1.54, 1.807) is 7.11 Å². The lowest BCUT2D eigenvalue weighted by Gasteiger charge is -2.10. The molecule has 0 radical (unpaired) electrons. The van der Waals surface area contributed by atoms with Gasteiger partial charge in [0.1, 0.15) is 5.75 Å².